The van der Waals surface area contributed by atoms with Gasteiger partial charge in [-0.3, -0.25) is 0 Å². The van der Waals surface area contributed by atoms with E-state index in [1.54, 1.807) is 35.3 Å². The second-order valence-electron chi connectivity index (χ2n) is 7.62. The largest absolute Gasteiger partial charge is 0.438 e. The van der Waals surface area contributed by atoms with Crippen molar-refractivity contribution in [1.82, 2.24) is 19.7 Å². The predicted octanol–water partition coefficient (Wildman–Crippen LogP) is 3.13. The van der Waals surface area contributed by atoms with Crippen molar-refractivity contribution in [1.29, 1.82) is 5.26 Å². The third-order valence-electron chi connectivity index (χ3n) is 4.56. The summed E-state index contributed by atoms with van der Waals surface area (Å²) in [6, 6.07) is 9.25. The number of hydrogen-bond donors (Lipinski definition) is 1. The molecule has 30 heavy (non-hydrogen) atoms. The van der Waals surface area contributed by atoms with Crippen molar-refractivity contribution in [3.63, 3.8) is 0 Å². The van der Waals surface area contributed by atoms with Gasteiger partial charge in [0.2, 0.25) is 5.88 Å². The van der Waals surface area contributed by atoms with Crippen LogP contribution in [0.15, 0.2) is 36.7 Å². The van der Waals surface area contributed by atoms with E-state index in [2.05, 4.69) is 39.9 Å². The molecule has 2 aromatic heterocycles. The fourth-order valence-corrected chi connectivity index (χ4v) is 3.12. The number of anilines is 1. The first kappa shape index (κ1) is 21.3. The third-order valence-corrected chi connectivity index (χ3v) is 4.56. The van der Waals surface area contributed by atoms with Gasteiger partial charge in [-0.25, -0.2) is 14.6 Å². The highest BCUT2D eigenvalue weighted by Crippen LogP contribution is 2.33. The molecule has 0 aliphatic carbocycles. The van der Waals surface area contributed by atoms with Gasteiger partial charge >= 0.3 is 0 Å². The van der Waals surface area contributed by atoms with Crippen LogP contribution in [-0.2, 0) is 13.5 Å². The van der Waals surface area contributed by atoms with Gasteiger partial charge in [0.1, 0.15) is 5.75 Å². The third kappa shape index (κ3) is 4.93. The van der Waals surface area contributed by atoms with Crippen LogP contribution in [0.1, 0.15) is 25.0 Å². The lowest BCUT2D eigenvalue weighted by Crippen LogP contribution is -2.22. The number of aromatic nitrogens is 4. The first-order valence-electron chi connectivity index (χ1n) is 9.89. The van der Waals surface area contributed by atoms with Crippen LogP contribution in [-0.4, -0.2) is 39.9 Å². The van der Waals surface area contributed by atoms with Crippen LogP contribution >= 0.6 is 0 Å². The highest BCUT2D eigenvalue weighted by Gasteiger charge is 2.16. The van der Waals surface area contributed by atoms with Gasteiger partial charge in [0, 0.05) is 39.1 Å². The molecule has 0 unspecified atom stereocenters. The lowest BCUT2D eigenvalue weighted by molar-refractivity contribution is 0.432. The summed E-state index contributed by atoms with van der Waals surface area (Å²) in [4.78, 5) is 11.0. The standard InChI is InChI=1S/C22H27N7O/c1-15(2)14-28(3)20-10-21(29(4)27-20)30-19-9-16(11-24)5-6-18(19)22-25-12-17(7-8-23)13-26-22/h5-6,9-10,12-13,15H,7-8,14,23H2,1-4H3. The molecule has 2 heterocycles. The fourth-order valence-electron chi connectivity index (χ4n) is 3.12. The van der Waals surface area contributed by atoms with Crippen LogP contribution in [0.3, 0.4) is 0 Å². The smallest absolute Gasteiger partial charge is 0.219 e. The van der Waals surface area contributed by atoms with Crippen LogP contribution in [0.5, 0.6) is 11.6 Å². The predicted molar refractivity (Wildman–Crippen MR) is 116 cm³/mol. The number of aryl methyl sites for hydroxylation is 1. The van der Waals surface area contributed by atoms with Crippen molar-refractivity contribution in [2.75, 3.05) is 25.0 Å². The molecule has 0 bridgehead atoms. The number of nitrogens with zero attached hydrogens (tertiary/aromatic N) is 6. The summed E-state index contributed by atoms with van der Waals surface area (Å²) in [6.07, 6.45) is 4.25. The van der Waals surface area contributed by atoms with Crippen LogP contribution in [0, 0.1) is 17.2 Å². The van der Waals surface area contributed by atoms with Gasteiger partial charge < -0.3 is 15.4 Å². The zero-order valence-corrected chi connectivity index (χ0v) is 17.8. The van der Waals surface area contributed by atoms with Crippen LogP contribution < -0.4 is 15.4 Å². The van der Waals surface area contributed by atoms with Crippen molar-refractivity contribution in [3.05, 3.63) is 47.8 Å². The molecule has 3 rings (SSSR count). The molecular weight excluding hydrogens is 378 g/mol. The number of nitriles is 1. The Morgan fingerprint density at radius 3 is 2.60 bits per heavy atom. The SMILES string of the molecule is CC(C)CN(C)c1cc(Oc2cc(C#N)ccc2-c2ncc(CCN)cn2)n(C)n1. The van der Waals surface area contributed by atoms with E-state index >= 15 is 0 Å². The molecule has 2 N–H and O–H groups in total. The molecule has 0 amide bonds. The van der Waals surface area contributed by atoms with E-state index in [0.29, 0.717) is 41.0 Å². The van der Waals surface area contributed by atoms with E-state index in [4.69, 9.17) is 10.5 Å². The highest BCUT2D eigenvalue weighted by molar-refractivity contribution is 5.66. The Kier molecular flexibility index (Phi) is 6.65. The van der Waals surface area contributed by atoms with Crippen LogP contribution in [0.4, 0.5) is 5.82 Å². The van der Waals surface area contributed by atoms with Crippen LogP contribution in [0.25, 0.3) is 11.4 Å². The molecule has 0 aliphatic heterocycles. The van der Waals surface area contributed by atoms with Gasteiger partial charge in [0.25, 0.3) is 0 Å². The Hall–Kier alpha value is -3.44. The van der Waals surface area contributed by atoms with Gasteiger partial charge in [-0.15, -0.1) is 0 Å². The lowest BCUT2D eigenvalue weighted by Gasteiger charge is -2.17. The van der Waals surface area contributed by atoms with Gasteiger partial charge in [-0.05, 0) is 42.6 Å². The number of nitrogens with two attached hydrogens (primary N) is 1. The molecule has 0 aliphatic rings. The Labute approximate surface area is 176 Å². The fraction of sp³-hybridized carbons (Fsp3) is 0.364. The molecule has 156 valence electrons. The Balaban J connectivity index is 1.94. The van der Waals surface area contributed by atoms with Crippen molar-refractivity contribution in [2.45, 2.75) is 20.3 Å². The number of hydrogen-bond acceptors (Lipinski definition) is 7. The van der Waals surface area contributed by atoms with E-state index in [1.165, 1.54) is 0 Å². The van der Waals surface area contributed by atoms with Crippen molar-refractivity contribution < 1.29 is 4.74 Å². The maximum absolute atomic E-state index is 9.33. The highest BCUT2D eigenvalue weighted by atomic mass is 16.5. The summed E-state index contributed by atoms with van der Waals surface area (Å²) >= 11 is 0. The van der Waals surface area contributed by atoms with Gasteiger partial charge in [0.05, 0.1) is 17.2 Å². The Morgan fingerprint density at radius 2 is 1.97 bits per heavy atom. The monoisotopic (exact) mass is 405 g/mol. The summed E-state index contributed by atoms with van der Waals surface area (Å²) in [5.41, 5.74) is 7.77. The second-order valence-corrected chi connectivity index (χ2v) is 7.62. The average molecular weight is 406 g/mol. The average Bonchev–Trinajstić information content (AvgIpc) is 3.09. The van der Waals surface area contributed by atoms with E-state index in [0.717, 1.165) is 24.3 Å². The summed E-state index contributed by atoms with van der Waals surface area (Å²) in [7, 11) is 3.83. The maximum Gasteiger partial charge on any atom is 0.219 e. The van der Waals surface area contributed by atoms with Crippen LogP contribution in [0.2, 0.25) is 0 Å². The summed E-state index contributed by atoms with van der Waals surface area (Å²) in [5.74, 6) is 2.93. The molecule has 0 saturated heterocycles. The van der Waals surface area contributed by atoms with E-state index < -0.39 is 0 Å². The molecular formula is C22H27N7O. The van der Waals surface area contributed by atoms with Gasteiger partial charge in [-0.1, -0.05) is 13.8 Å². The van der Waals surface area contributed by atoms with E-state index in [9.17, 15) is 5.26 Å². The zero-order chi connectivity index (χ0) is 21.7. The van der Waals surface area contributed by atoms with E-state index in [1.807, 2.05) is 20.2 Å². The molecule has 1 aromatic carbocycles. The van der Waals surface area contributed by atoms with Crippen molar-refractivity contribution in [2.24, 2.45) is 18.7 Å². The molecule has 0 spiro atoms. The van der Waals surface area contributed by atoms with E-state index in [-0.39, 0.29) is 0 Å². The molecule has 0 radical (unpaired) electrons. The zero-order valence-electron chi connectivity index (χ0n) is 17.8. The second kappa shape index (κ2) is 9.37. The molecule has 0 fully saturated rings. The Bertz CT molecular complexity index is 1030. The summed E-state index contributed by atoms with van der Waals surface area (Å²) < 4.78 is 7.85. The number of rotatable bonds is 8. The summed E-state index contributed by atoms with van der Waals surface area (Å²) in [5, 5.41) is 13.9. The van der Waals surface area contributed by atoms with Crippen molar-refractivity contribution >= 4 is 5.82 Å². The molecule has 8 nitrogen and oxygen atoms in total. The topological polar surface area (TPSA) is 106 Å². The minimum absolute atomic E-state index is 0.493. The van der Waals surface area contributed by atoms with Gasteiger partial charge in [-0.2, -0.15) is 10.4 Å². The number of benzene rings is 1. The number of ether oxygens (including phenoxy) is 1. The molecule has 8 heteroatoms. The lowest BCUT2D eigenvalue weighted by atomic mass is 10.1. The normalized spacial score (nSPS) is 10.8. The minimum Gasteiger partial charge on any atom is -0.438 e. The first-order chi connectivity index (χ1) is 14.4. The van der Waals surface area contributed by atoms with Gasteiger partial charge in [0.15, 0.2) is 11.6 Å². The molecule has 0 saturated carbocycles. The minimum atomic E-state index is 0.493. The quantitative estimate of drug-likeness (QED) is 0.613. The first-order valence-corrected chi connectivity index (χ1v) is 9.89. The summed E-state index contributed by atoms with van der Waals surface area (Å²) in [6.45, 7) is 5.75. The maximum atomic E-state index is 9.33. The molecule has 3 aromatic rings. The Morgan fingerprint density at radius 1 is 1.23 bits per heavy atom. The molecule has 0 atom stereocenters. The van der Waals surface area contributed by atoms with Crippen molar-refractivity contribution in [3.8, 4) is 29.1 Å².